The first kappa shape index (κ1) is 12.2. The van der Waals surface area contributed by atoms with Crippen LogP contribution in [-0.2, 0) is 4.79 Å². The van der Waals surface area contributed by atoms with Gasteiger partial charge in [-0.1, -0.05) is 17.7 Å². The predicted molar refractivity (Wildman–Crippen MR) is 66.9 cm³/mol. The maximum absolute atomic E-state index is 11.7. The molecule has 0 saturated carbocycles. The zero-order valence-corrected chi connectivity index (χ0v) is 10.6. The molecule has 1 atom stereocenters. The summed E-state index contributed by atoms with van der Waals surface area (Å²) in [6.45, 7) is 3.92. The first-order chi connectivity index (χ1) is 7.96. The highest BCUT2D eigenvalue weighted by Gasteiger charge is 2.41. The molecule has 1 unspecified atom stereocenters. The predicted octanol–water partition coefficient (Wildman–Crippen LogP) is 1.50. The third-order valence-electron chi connectivity index (χ3n) is 3.11. The van der Waals surface area contributed by atoms with Crippen LogP contribution in [0.25, 0.3) is 0 Å². The van der Waals surface area contributed by atoms with Crippen LogP contribution in [-0.4, -0.2) is 24.2 Å². The van der Waals surface area contributed by atoms with Gasteiger partial charge in [-0.3, -0.25) is 15.2 Å². The van der Waals surface area contributed by atoms with Gasteiger partial charge in [-0.15, -0.1) is 0 Å². The molecule has 1 aliphatic rings. The lowest BCUT2D eigenvalue weighted by molar-refractivity contribution is -0.128. The highest BCUT2D eigenvalue weighted by Crippen LogP contribution is 2.29. The molecule has 1 heterocycles. The fraction of sp³-hybridized carbons (Fsp3) is 0.417. The molecule has 1 fully saturated rings. The van der Waals surface area contributed by atoms with E-state index < -0.39 is 5.41 Å². The van der Waals surface area contributed by atoms with Crippen LogP contribution in [0.15, 0.2) is 18.2 Å². The summed E-state index contributed by atoms with van der Waals surface area (Å²) >= 11 is 6.04. The molecule has 2 rings (SSSR count). The fourth-order valence-corrected chi connectivity index (χ4v) is 1.92. The summed E-state index contributed by atoms with van der Waals surface area (Å²) in [5.74, 6) is -0.170. The Morgan fingerprint density at radius 2 is 2.29 bits per heavy atom. The molecule has 1 saturated heterocycles. The largest absolute Gasteiger partial charge is 0.395 e. The van der Waals surface area contributed by atoms with Gasteiger partial charge in [-0.05, 0) is 31.5 Å². The van der Waals surface area contributed by atoms with Crippen LogP contribution in [0.2, 0.25) is 5.02 Å². The van der Waals surface area contributed by atoms with Crippen LogP contribution in [0.5, 0.6) is 0 Å². The van der Waals surface area contributed by atoms with Crippen molar-refractivity contribution in [3.05, 3.63) is 28.8 Å². The van der Waals surface area contributed by atoms with Crippen molar-refractivity contribution in [3.63, 3.8) is 0 Å². The van der Waals surface area contributed by atoms with Crippen molar-refractivity contribution in [1.29, 1.82) is 0 Å². The molecule has 0 bridgehead atoms. The number of aliphatic hydroxyl groups is 1. The van der Waals surface area contributed by atoms with Crippen LogP contribution < -0.4 is 10.4 Å². The number of carbonyl (C=O) groups is 1. The second kappa shape index (κ2) is 4.20. The van der Waals surface area contributed by atoms with E-state index in [4.69, 9.17) is 11.6 Å². The smallest absolute Gasteiger partial charge is 0.248 e. The van der Waals surface area contributed by atoms with Gasteiger partial charge >= 0.3 is 0 Å². The molecular weight excluding hydrogens is 240 g/mol. The highest BCUT2D eigenvalue weighted by atomic mass is 35.5. The number of aryl methyl sites for hydroxylation is 1. The summed E-state index contributed by atoms with van der Waals surface area (Å²) in [5.41, 5.74) is 3.80. The van der Waals surface area contributed by atoms with Crippen molar-refractivity contribution >= 4 is 23.2 Å². The Kier molecular flexibility index (Phi) is 3.02. The topological polar surface area (TPSA) is 52.6 Å². The molecule has 1 aliphatic heterocycles. The number of hydrogen-bond donors (Lipinski definition) is 2. The zero-order valence-electron chi connectivity index (χ0n) is 9.83. The first-order valence-corrected chi connectivity index (χ1v) is 5.80. The molecule has 1 aromatic carbocycles. The number of rotatable bonds is 2. The number of nitrogens with one attached hydrogen (secondary N) is 1. The molecule has 17 heavy (non-hydrogen) atoms. The number of nitrogens with zero attached hydrogens (tertiary/aromatic N) is 1. The maximum Gasteiger partial charge on any atom is 0.248 e. The van der Waals surface area contributed by atoms with E-state index in [1.165, 1.54) is 0 Å². The Balaban J connectivity index is 2.26. The molecule has 0 radical (unpaired) electrons. The van der Waals surface area contributed by atoms with Crippen LogP contribution >= 0.6 is 11.6 Å². The van der Waals surface area contributed by atoms with E-state index >= 15 is 0 Å². The maximum atomic E-state index is 11.7. The lowest BCUT2D eigenvalue weighted by atomic mass is 9.92. The Hall–Kier alpha value is -1.26. The van der Waals surface area contributed by atoms with Gasteiger partial charge in [0.25, 0.3) is 0 Å². The molecule has 1 amide bonds. The Morgan fingerprint density at radius 1 is 1.59 bits per heavy atom. The van der Waals surface area contributed by atoms with E-state index in [1.807, 2.05) is 19.1 Å². The first-order valence-electron chi connectivity index (χ1n) is 5.42. The molecule has 5 heteroatoms. The summed E-state index contributed by atoms with van der Waals surface area (Å²) in [4.78, 5) is 11.7. The quantitative estimate of drug-likeness (QED) is 0.841. The van der Waals surface area contributed by atoms with Crippen LogP contribution in [0, 0.1) is 12.3 Å². The average molecular weight is 255 g/mol. The number of hydrogen-bond acceptors (Lipinski definition) is 3. The summed E-state index contributed by atoms with van der Waals surface area (Å²) in [5, 5.41) is 11.6. The number of benzene rings is 1. The van der Waals surface area contributed by atoms with E-state index in [0.717, 1.165) is 11.3 Å². The van der Waals surface area contributed by atoms with Crippen molar-refractivity contribution in [2.24, 2.45) is 5.41 Å². The number of amides is 1. The number of halogens is 1. The van der Waals surface area contributed by atoms with Crippen LogP contribution in [0.1, 0.15) is 12.5 Å². The van der Waals surface area contributed by atoms with E-state index in [-0.39, 0.29) is 12.5 Å². The van der Waals surface area contributed by atoms with Gasteiger partial charge in [0.15, 0.2) is 0 Å². The number of hydrazine groups is 1. The Bertz CT molecular complexity index is 464. The van der Waals surface area contributed by atoms with Gasteiger partial charge in [-0.2, -0.15) is 0 Å². The number of anilines is 1. The Morgan fingerprint density at radius 3 is 2.82 bits per heavy atom. The molecule has 0 aliphatic carbocycles. The molecule has 2 N–H and O–H groups in total. The molecule has 4 nitrogen and oxygen atoms in total. The summed E-state index contributed by atoms with van der Waals surface area (Å²) in [6, 6.07) is 5.60. The van der Waals surface area contributed by atoms with E-state index in [2.05, 4.69) is 5.43 Å². The molecule has 1 aromatic rings. The van der Waals surface area contributed by atoms with Crippen molar-refractivity contribution in [2.45, 2.75) is 13.8 Å². The van der Waals surface area contributed by atoms with Crippen LogP contribution in [0.4, 0.5) is 5.69 Å². The monoisotopic (exact) mass is 254 g/mol. The van der Waals surface area contributed by atoms with Crippen molar-refractivity contribution in [2.75, 3.05) is 18.2 Å². The zero-order chi connectivity index (χ0) is 12.6. The van der Waals surface area contributed by atoms with Gasteiger partial charge in [-0.25, -0.2) is 0 Å². The average Bonchev–Trinajstić information content (AvgIpc) is 2.60. The Labute approximate surface area is 105 Å². The fourth-order valence-electron chi connectivity index (χ4n) is 1.75. The van der Waals surface area contributed by atoms with E-state index in [0.29, 0.717) is 11.6 Å². The second-order valence-electron chi connectivity index (χ2n) is 4.68. The minimum absolute atomic E-state index is 0.170. The third-order valence-corrected chi connectivity index (χ3v) is 3.52. The lowest BCUT2D eigenvalue weighted by Crippen LogP contribution is -2.34. The van der Waals surface area contributed by atoms with E-state index in [9.17, 15) is 9.90 Å². The molecule has 0 aromatic heterocycles. The standard InChI is InChI=1S/C12H15ClN2O2/c1-8-3-4-9(5-10(8)13)15-6-12(2,7-16)11(17)14-15/h3-5,16H,6-7H2,1-2H3,(H,14,17). The molecule has 0 spiro atoms. The van der Waals surface area contributed by atoms with Gasteiger partial charge in [0, 0.05) is 5.02 Å². The summed E-state index contributed by atoms with van der Waals surface area (Å²) in [6.07, 6.45) is 0. The number of carbonyl (C=O) groups excluding carboxylic acids is 1. The van der Waals surface area contributed by atoms with Crippen molar-refractivity contribution < 1.29 is 9.90 Å². The third kappa shape index (κ3) is 2.10. The van der Waals surface area contributed by atoms with Crippen molar-refractivity contribution in [1.82, 2.24) is 5.43 Å². The van der Waals surface area contributed by atoms with E-state index in [1.54, 1.807) is 18.0 Å². The molecule has 92 valence electrons. The van der Waals surface area contributed by atoms with Gasteiger partial charge in [0.1, 0.15) is 0 Å². The normalized spacial score (nSPS) is 24.0. The van der Waals surface area contributed by atoms with Crippen LogP contribution in [0.3, 0.4) is 0 Å². The van der Waals surface area contributed by atoms with Gasteiger partial charge in [0.05, 0.1) is 24.3 Å². The summed E-state index contributed by atoms with van der Waals surface area (Å²) in [7, 11) is 0. The minimum atomic E-state index is -0.753. The highest BCUT2D eigenvalue weighted by molar-refractivity contribution is 6.31. The number of aliphatic hydroxyl groups excluding tert-OH is 1. The van der Waals surface area contributed by atoms with Gasteiger partial charge in [0.2, 0.25) is 5.91 Å². The lowest BCUT2D eigenvalue weighted by Gasteiger charge is -2.20. The molecular formula is C12H15ClN2O2. The summed E-state index contributed by atoms with van der Waals surface area (Å²) < 4.78 is 0. The SMILES string of the molecule is Cc1ccc(N2CC(C)(CO)C(=O)N2)cc1Cl. The minimum Gasteiger partial charge on any atom is -0.395 e. The second-order valence-corrected chi connectivity index (χ2v) is 5.09. The van der Waals surface area contributed by atoms with Gasteiger partial charge < -0.3 is 5.11 Å². The van der Waals surface area contributed by atoms with Crippen molar-refractivity contribution in [3.8, 4) is 0 Å².